The maximum absolute atomic E-state index is 13.7. The first-order valence-electron chi connectivity index (χ1n) is 6.03. The lowest BCUT2D eigenvalue weighted by Gasteiger charge is -2.35. The highest BCUT2D eigenvalue weighted by molar-refractivity contribution is 5.72. The summed E-state index contributed by atoms with van der Waals surface area (Å²) in [5, 5.41) is 8.92. The van der Waals surface area contributed by atoms with Crippen LogP contribution in [0.4, 0.5) is 8.78 Å². The molecule has 0 saturated carbocycles. The fourth-order valence-electron chi connectivity index (χ4n) is 2.26. The Morgan fingerprint density at radius 3 is 2.68 bits per heavy atom. The number of benzene rings is 1. The predicted octanol–water partition coefficient (Wildman–Crippen LogP) is 1.81. The van der Waals surface area contributed by atoms with Crippen molar-refractivity contribution in [1.82, 2.24) is 4.90 Å². The Labute approximate surface area is 109 Å². The van der Waals surface area contributed by atoms with E-state index >= 15 is 0 Å². The summed E-state index contributed by atoms with van der Waals surface area (Å²) in [6.07, 6.45) is -0.953. The molecule has 2 atom stereocenters. The Bertz CT molecular complexity index is 461. The highest BCUT2D eigenvalue weighted by atomic mass is 19.1. The summed E-state index contributed by atoms with van der Waals surface area (Å²) in [7, 11) is 0. The van der Waals surface area contributed by atoms with Crippen molar-refractivity contribution < 1.29 is 23.4 Å². The summed E-state index contributed by atoms with van der Waals surface area (Å²) in [6, 6.07) is 3.17. The number of ether oxygens (including phenoxy) is 1. The number of halogens is 2. The van der Waals surface area contributed by atoms with Crippen molar-refractivity contribution >= 4 is 5.97 Å². The second-order valence-electron chi connectivity index (χ2n) is 4.50. The zero-order valence-corrected chi connectivity index (χ0v) is 10.5. The van der Waals surface area contributed by atoms with Crippen LogP contribution < -0.4 is 0 Å². The largest absolute Gasteiger partial charge is 0.479 e. The fraction of sp³-hybridized carbons (Fsp3) is 0.462. The Morgan fingerprint density at radius 1 is 1.47 bits per heavy atom. The second kappa shape index (κ2) is 5.63. The quantitative estimate of drug-likeness (QED) is 0.911. The van der Waals surface area contributed by atoms with Gasteiger partial charge in [-0.15, -0.1) is 0 Å². The molecule has 1 N–H and O–H groups in total. The maximum Gasteiger partial charge on any atom is 0.334 e. The first-order chi connectivity index (χ1) is 9.00. The summed E-state index contributed by atoms with van der Waals surface area (Å²) >= 11 is 0. The van der Waals surface area contributed by atoms with E-state index in [0.717, 1.165) is 0 Å². The van der Waals surface area contributed by atoms with E-state index in [4.69, 9.17) is 9.84 Å². The lowest BCUT2D eigenvalue weighted by atomic mass is 10.0. The molecule has 1 aromatic rings. The van der Waals surface area contributed by atoms with Crippen LogP contribution in [0.5, 0.6) is 0 Å². The molecule has 1 aromatic carbocycles. The van der Waals surface area contributed by atoms with E-state index in [1.54, 1.807) is 11.8 Å². The van der Waals surface area contributed by atoms with Gasteiger partial charge in [0.2, 0.25) is 0 Å². The maximum atomic E-state index is 13.7. The monoisotopic (exact) mass is 271 g/mol. The Kier molecular flexibility index (Phi) is 4.11. The molecule has 0 amide bonds. The van der Waals surface area contributed by atoms with Gasteiger partial charge in [-0.2, -0.15) is 0 Å². The lowest BCUT2D eigenvalue weighted by Crippen LogP contribution is -2.47. The first-order valence-corrected chi connectivity index (χ1v) is 6.03. The normalized spacial score (nSPS) is 22.2. The number of carbonyl (C=O) groups is 1. The average molecular weight is 271 g/mol. The molecule has 1 saturated heterocycles. The van der Waals surface area contributed by atoms with Gasteiger partial charge >= 0.3 is 5.97 Å². The molecule has 0 spiro atoms. The molecule has 4 nitrogen and oxygen atoms in total. The second-order valence-corrected chi connectivity index (χ2v) is 4.50. The van der Waals surface area contributed by atoms with Crippen LogP contribution in [-0.4, -0.2) is 41.8 Å². The molecular formula is C13H15F2NO3. The minimum Gasteiger partial charge on any atom is -0.479 e. The van der Waals surface area contributed by atoms with Crippen molar-refractivity contribution in [2.45, 2.75) is 19.1 Å². The Balaban J connectivity index is 2.19. The molecule has 1 heterocycles. The van der Waals surface area contributed by atoms with Crippen LogP contribution in [0.25, 0.3) is 0 Å². The lowest BCUT2D eigenvalue weighted by molar-refractivity contribution is -0.157. The van der Waals surface area contributed by atoms with Crippen LogP contribution in [0.3, 0.4) is 0 Å². The van der Waals surface area contributed by atoms with Gasteiger partial charge in [0.1, 0.15) is 11.6 Å². The van der Waals surface area contributed by atoms with Crippen LogP contribution in [-0.2, 0) is 9.53 Å². The van der Waals surface area contributed by atoms with Crippen molar-refractivity contribution in [1.29, 1.82) is 0 Å². The molecule has 0 radical (unpaired) electrons. The van der Waals surface area contributed by atoms with Gasteiger partial charge in [0, 0.05) is 24.7 Å². The summed E-state index contributed by atoms with van der Waals surface area (Å²) in [4.78, 5) is 12.6. The number of rotatable bonds is 3. The van der Waals surface area contributed by atoms with E-state index in [1.165, 1.54) is 18.2 Å². The molecular weight excluding hydrogens is 256 g/mol. The molecule has 2 rings (SSSR count). The van der Waals surface area contributed by atoms with Crippen molar-refractivity contribution in [3.63, 3.8) is 0 Å². The average Bonchev–Trinajstić information content (AvgIpc) is 2.38. The minimum atomic E-state index is -1.06. The van der Waals surface area contributed by atoms with Gasteiger partial charge < -0.3 is 9.84 Å². The number of morpholine rings is 1. The molecule has 6 heteroatoms. The van der Waals surface area contributed by atoms with E-state index in [1.807, 2.05) is 0 Å². The molecule has 0 aliphatic carbocycles. The SMILES string of the molecule is CC(c1c(F)cccc1F)N1CCOC(C(=O)O)C1. The van der Waals surface area contributed by atoms with Gasteiger partial charge in [0.25, 0.3) is 0 Å². The van der Waals surface area contributed by atoms with E-state index in [2.05, 4.69) is 0 Å². The third-order valence-corrected chi connectivity index (χ3v) is 3.34. The minimum absolute atomic E-state index is 0.0338. The molecule has 1 fully saturated rings. The Morgan fingerprint density at radius 2 is 2.11 bits per heavy atom. The summed E-state index contributed by atoms with van der Waals surface area (Å²) < 4.78 is 32.5. The van der Waals surface area contributed by atoms with Crippen molar-refractivity contribution in [2.24, 2.45) is 0 Å². The van der Waals surface area contributed by atoms with Gasteiger partial charge in [0.05, 0.1) is 6.61 Å². The van der Waals surface area contributed by atoms with Gasteiger partial charge in [-0.1, -0.05) is 6.07 Å². The third-order valence-electron chi connectivity index (χ3n) is 3.34. The number of nitrogens with zero attached hydrogens (tertiary/aromatic N) is 1. The molecule has 2 unspecified atom stereocenters. The number of hydrogen-bond donors (Lipinski definition) is 1. The molecule has 0 bridgehead atoms. The van der Waals surface area contributed by atoms with Gasteiger partial charge in [-0.3, -0.25) is 4.90 Å². The zero-order chi connectivity index (χ0) is 14.0. The third kappa shape index (κ3) is 2.90. The molecule has 19 heavy (non-hydrogen) atoms. The topological polar surface area (TPSA) is 49.8 Å². The number of carboxylic acid groups (broad SMARTS) is 1. The fourth-order valence-corrected chi connectivity index (χ4v) is 2.26. The first kappa shape index (κ1) is 13.9. The number of aliphatic carboxylic acids is 1. The summed E-state index contributed by atoms with van der Waals surface area (Å²) in [5.74, 6) is -2.30. The summed E-state index contributed by atoms with van der Waals surface area (Å²) in [5.41, 5.74) is -0.0338. The number of hydrogen-bond acceptors (Lipinski definition) is 3. The summed E-state index contributed by atoms with van der Waals surface area (Å²) in [6.45, 7) is 2.45. The van der Waals surface area contributed by atoms with Crippen molar-refractivity contribution in [3.05, 3.63) is 35.4 Å². The Hall–Kier alpha value is -1.53. The van der Waals surface area contributed by atoms with Crippen LogP contribution in [0.15, 0.2) is 18.2 Å². The van der Waals surface area contributed by atoms with E-state index in [9.17, 15) is 13.6 Å². The smallest absolute Gasteiger partial charge is 0.334 e. The van der Waals surface area contributed by atoms with E-state index in [-0.39, 0.29) is 18.7 Å². The predicted molar refractivity (Wildman–Crippen MR) is 63.7 cm³/mol. The molecule has 104 valence electrons. The van der Waals surface area contributed by atoms with Crippen LogP contribution >= 0.6 is 0 Å². The number of carboxylic acids is 1. The van der Waals surface area contributed by atoms with Crippen molar-refractivity contribution in [3.8, 4) is 0 Å². The highest BCUT2D eigenvalue weighted by Gasteiger charge is 2.31. The molecule has 0 aromatic heterocycles. The van der Waals surface area contributed by atoms with Gasteiger partial charge in [-0.25, -0.2) is 13.6 Å². The van der Waals surface area contributed by atoms with Crippen molar-refractivity contribution in [2.75, 3.05) is 19.7 Å². The van der Waals surface area contributed by atoms with E-state index < -0.39 is 29.7 Å². The van der Waals surface area contributed by atoms with Gasteiger partial charge in [0.15, 0.2) is 6.10 Å². The standard InChI is InChI=1S/C13H15F2NO3/c1-8(12-9(14)3-2-4-10(12)15)16-5-6-19-11(7-16)13(17)18/h2-4,8,11H,5-7H2,1H3,(H,17,18). The van der Waals surface area contributed by atoms with Crippen LogP contribution in [0.2, 0.25) is 0 Å². The van der Waals surface area contributed by atoms with Crippen LogP contribution in [0, 0.1) is 11.6 Å². The van der Waals surface area contributed by atoms with Gasteiger partial charge in [-0.05, 0) is 19.1 Å². The van der Waals surface area contributed by atoms with Crippen LogP contribution in [0.1, 0.15) is 18.5 Å². The molecule has 1 aliphatic rings. The highest BCUT2D eigenvalue weighted by Crippen LogP contribution is 2.27. The zero-order valence-electron chi connectivity index (χ0n) is 10.5. The van der Waals surface area contributed by atoms with E-state index in [0.29, 0.717) is 6.54 Å². The molecule has 1 aliphatic heterocycles.